The SMILES string of the molecule is COc1ccc(C)cc1C[NH+]1CC[NH+](CC(=O)NCCCOC(C)C)CC1. The van der Waals surface area contributed by atoms with Gasteiger partial charge < -0.3 is 24.6 Å². The Morgan fingerprint density at radius 1 is 1.19 bits per heavy atom. The van der Waals surface area contributed by atoms with E-state index < -0.39 is 0 Å². The summed E-state index contributed by atoms with van der Waals surface area (Å²) in [4.78, 5) is 15.0. The normalized spacial score (nSPS) is 19.9. The summed E-state index contributed by atoms with van der Waals surface area (Å²) in [6, 6.07) is 6.37. The second-order valence-corrected chi connectivity index (χ2v) is 7.79. The van der Waals surface area contributed by atoms with Crippen molar-refractivity contribution in [2.45, 2.75) is 39.8 Å². The Morgan fingerprint density at radius 3 is 2.56 bits per heavy atom. The third-order valence-electron chi connectivity index (χ3n) is 5.05. The number of benzene rings is 1. The first-order chi connectivity index (χ1) is 13.0. The van der Waals surface area contributed by atoms with E-state index in [1.54, 1.807) is 12.0 Å². The third-order valence-corrected chi connectivity index (χ3v) is 5.05. The van der Waals surface area contributed by atoms with E-state index in [9.17, 15) is 4.79 Å². The molecule has 0 spiro atoms. The molecule has 152 valence electrons. The van der Waals surface area contributed by atoms with Crippen molar-refractivity contribution in [1.29, 1.82) is 0 Å². The number of methoxy groups -OCH3 is 1. The zero-order chi connectivity index (χ0) is 19.6. The number of hydrogen-bond donors (Lipinski definition) is 3. The van der Waals surface area contributed by atoms with Crippen LogP contribution in [0.3, 0.4) is 0 Å². The Morgan fingerprint density at radius 2 is 1.89 bits per heavy atom. The highest BCUT2D eigenvalue weighted by atomic mass is 16.5. The summed E-state index contributed by atoms with van der Waals surface area (Å²) < 4.78 is 11.0. The van der Waals surface area contributed by atoms with Gasteiger partial charge in [0.25, 0.3) is 5.91 Å². The van der Waals surface area contributed by atoms with Gasteiger partial charge >= 0.3 is 0 Å². The average Bonchev–Trinajstić information content (AvgIpc) is 2.63. The Kier molecular flexibility index (Phi) is 9.04. The molecule has 1 amide bonds. The third kappa shape index (κ3) is 7.87. The van der Waals surface area contributed by atoms with Crippen LogP contribution in [0.2, 0.25) is 0 Å². The number of amides is 1. The van der Waals surface area contributed by atoms with Gasteiger partial charge in [0.15, 0.2) is 6.54 Å². The predicted molar refractivity (Wildman–Crippen MR) is 106 cm³/mol. The molecule has 6 nitrogen and oxygen atoms in total. The maximum atomic E-state index is 12.1. The van der Waals surface area contributed by atoms with Gasteiger partial charge in [-0.1, -0.05) is 11.6 Å². The minimum Gasteiger partial charge on any atom is -0.496 e. The molecular formula is C21H37N3O3+2. The molecule has 27 heavy (non-hydrogen) atoms. The van der Waals surface area contributed by atoms with Crippen molar-refractivity contribution < 1.29 is 24.1 Å². The molecule has 1 fully saturated rings. The minimum atomic E-state index is 0.151. The zero-order valence-electron chi connectivity index (χ0n) is 17.4. The van der Waals surface area contributed by atoms with Crippen molar-refractivity contribution in [2.75, 3.05) is 53.0 Å². The summed E-state index contributed by atoms with van der Waals surface area (Å²) in [5.74, 6) is 1.13. The van der Waals surface area contributed by atoms with Gasteiger partial charge in [-0.25, -0.2) is 0 Å². The quantitative estimate of drug-likeness (QED) is 0.468. The van der Waals surface area contributed by atoms with Gasteiger partial charge in [-0.05, 0) is 39.3 Å². The lowest BCUT2D eigenvalue weighted by atomic mass is 10.1. The van der Waals surface area contributed by atoms with Gasteiger partial charge in [-0.15, -0.1) is 0 Å². The Labute approximate surface area is 163 Å². The largest absolute Gasteiger partial charge is 0.496 e. The van der Waals surface area contributed by atoms with Crippen molar-refractivity contribution in [1.82, 2.24) is 5.32 Å². The fraction of sp³-hybridized carbons (Fsp3) is 0.667. The molecule has 1 heterocycles. The fourth-order valence-electron chi connectivity index (χ4n) is 3.53. The van der Waals surface area contributed by atoms with Crippen LogP contribution < -0.4 is 19.9 Å². The molecule has 0 unspecified atom stereocenters. The summed E-state index contributed by atoms with van der Waals surface area (Å²) >= 11 is 0. The van der Waals surface area contributed by atoms with Crippen LogP contribution in [0, 0.1) is 6.92 Å². The minimum absolute atomic E-state index is 0.151. The molecule has 0 aliphatic carbocycles. The standard InChI is InChI=1S/C21H35N3O3/c1-17(2)27-13-5-8-22-21(25)16-24-11-9-23(10-12-24)15-19-14-18(3)6-7-20(19)26-4/h6-7,14,17H,5,8-13,15-16H2,1-4H3,(H,22,25)/p+2. The highest BCUT2D eigenvalue weighted by molar-refractivity contribution is 5.76. The van der Waals surface area contributed by atoms with Crippen LogP contribution in [-0.2, 0) is 16.1 Å². The fourth-order valence-corrected chi connectivity index (χ4v) is 3.53. The summed E-state index contributed by atoms with van der Waals surface area (Å²) in [6.07, 6.45) is 1.12. The second-order valence-electron chi connectivity index (χ2n) is 7.79. The van der Waals surface area contributed by atoms with Gasteiger partial charge in [0.1, 0.15) is 38.5 Å². The van der Waals surface area contributed by atoms with Crippen molar-refractivity contribution >= 4 is 5.91 Å². The molecule has 1 aromatic carbocycles. The van der Waals surface area contributed by atoms with Gasteiger partial charge in [-0.2, -0.15) is 0 Å². The van der Waals surface area contributed by atoms with Crippen LogP contribution in [0.15, 0.2) is 18.2 Å². The van der Waals surface area contributed by atoms with E-state index in [-0.39, 0.29) is 12.0 Å². The van der Waals surface area contributed by atoms with Crippen molar-refractivity contribution in [3.8, 4) is 5.75 Å². The Hall–Kier alpha value is -1.63. The average molecular weight is 380 g/mol. The number of ether oxygens (including phenoxy) is 2. The number of piperazine rings is 1. The Balaban J connectivity index is 1.66. The highest BCUT2D eigenvalue weighted by Gasteiger charge is 2.25. The number of aryl methyl sites for hydroxylation is 1. The number of nitrogens with one attached hydrogen (secondary N) is 3. The molecule has 1 saturated heterocycles. The lowest BCUT2D eigenvalue weighted by molar-refractivity contribution is -1.02. The van der Waals surface area contributed by atoms with Crippen LogP contribution in [0.4, 0.5) is 0 Å². The number of quaternary nitrogens is 2. The lowest BCUT2D eigenvalue weighted by Gasteiger charge is -2.29. The maximum absolute atomic E-state index is 12.1. The van der Waals surface area contributed by atoms with E-state index in [0.29, 0.717) is 19.7 Å². The molecule has 1 aliphatic heterocycles. The van der Waals surface area contributed by atoms with E-state index in [2.05, 4.69) is 30.4 Å². The molecule has 0 bridgehead atoms. The highest BCUT2D eigenvalue weighted by Crippen LogP contribution is 2.18. The molecule has 0 saturated carbocycles. The predicted octanol–water partition coefficient (Wildman–Crippen LogP) is -0.782. The van der Waals surface area contributed by atoms with Gasteiger partial charge in [0.05, 0.1) is 13.2 Å². The van der Waals surface area contributed by atoms with Crippen LogP contribution in [0.1, 0.15) is 31.4 Å². The molecule has 3 N–H and O–H groups in total. The topological polar surface area (TPSA) is 56.4 Å². The van der Waals surface area contributed by atoms with Crippen LogP contribution in [0.5, 0.6) is 5.75 Å². The molecule has 0 atom stereocenters. The van der Waals surface area contributed by atoms with Crippen molar-refractivity contribution in [2.24, 2.45) is 0 Å². The summed E-state index contributed by atoms with van der Waals surface area (Å²) in [7, 11) is 1.74. The molecule has 2 rings (SSSR count). The maximum Gasteiger partial charge on any atom is 0.275 e. The van der Waals surface area contributed by atoms with E-state index >= 15 is 0 Å². The number of carbonyl (C=O) groups excluding carboxylic acids is 1. The summed E-state index contributed by atoms with van der Waals surface area (Å²) in [6.45, 7) is 13.4. The number of carbonyl (C=O) groups is 1. The van der Waals surface area contributed by atoms with E-state index in [1.165, 1.54) is 16.0 Å². The van der Waals surface area contributed by atoms with Gasteiger partial charge in [0.2, 0.25) is 0 Å². The van der Waals surface area contributed by atoms with Crippen LogP contribution in [-0.4, -0.2) is 65.0 Å². The van der Waals surface area contributed by atoms with E-state index in [0.717, 1.165) is 44.9 Å². The first-order valence-corrected chi connectivity index (χ1v) is 10.2. The van der Waals surface area contributed by atoms with E-state index in [4.69, 9.17) is 9.47 Å². The zero-order valence-corrected chi connectivity index (χ0v) is 17.4. The second kappa shape index (κ2) is 11.3. The van der Waals surface area contributed by atoms with E-state index in [1.807, 2.05) is 13.8 Å². The lowest BCUT2D eigenvalue weighted by Crippen LogP contribution is -3.28. The monoisotopic (exact) mass is 379 g/mol. The molecule has 6 heteroatoms. The molecular weight excluding hydrogens is 342 g/mol. The number of hydrogen-bond acceptors (Lipinski definition) is 3. The molecule has 0 aromatic heterocycles. The van der Waals surface area contributed by atoms with Gasteiger partial charge in [0, 0.05) is 18.7 Å². The number of rotatable bonds is 10. The van der Waals surface area contributed by atoms with Crippen LogP contribution >= 0.6 is 0 Å². The smallest absolute Gasteiger partial charge is 0.275 e. The molecule has 1 aliphatic rings. The van der Waals surface area contributed by atoms with Crippen molar-refractivity contribution in [3.05, 3.63) is 29.3 Å². The first kappa shape index (κ1) is 21.7. The van der Waals surface area contributed by atoms with Gasteiger partial charge in [-0.3, -0.25) is 4.79 Å². The van der Waals surface area contributed by atoms with Crippen molar-refractivity contribution in [3.63, 3.8) is 0 Å². The summed E-state index contributed by atoms with van der Waals surface area (Å²) in [5.41, 5.74) is 2.54. The Bertz CT molecular complexity index is 584. The molecule has 1 aromatic rings. The molecule has 0 radical (unpaired) electrons. The summed E-state index contributed by atoms with van der Waals surface area (Å²) in [5, 5.41) is 3.01. The van der Waals surface area contributed by atoms with Crippen LogP contribution in [0.25, 0.3) is 0 Å². The first-order valence-electron chi connectivity index (χ1n) is 10.2.